The van der Waals surface area contributed by atoms with Crippen molar-refractivity contribution < 1.29 is 0 Å². The van der Waals surface area contributed by atoms with Crippen LogP contribution >= 0.6 is 0 Å². The molecule has 4 nitrogen and oxygen atoms in total. The van der Waals surface area contributed by atoms with E-state index in [9.17, 15) is 0 Å². The molecule has 2 aliphatic rings. The standard InChI is InChI=1S/C16H22N4/c1-11-4-16-18-8-13(10-20(16)19-11)7-17-9-15-6-12-2-3-14(15)5-12/h4,8,10,12,14-15,17H,2-3,5-7,9H2,1H3. The molecule has 2 aromatic heterocycles. The van der Waals surface area contributed by atoms with Gasteiger partial charge in [0, 0.05) is 30.6 Å². The smallest absolute Gasteiger partial charge is 0.155 e. The van der Waals surface area contributed by atoms with Gasteiger partial charge in [0.1, 0.15) is 0 Å². The van der Waals surface area contributed by atoms with Crippen LogP contribution in [0, 0.1) is 24.7 Å². The topological polar surface area (TPSA) is 42.2 Å². The third kappa shape index (κ3) is 2.22. The normalized spacial score (nSPS) is 28.6. The van der Waals surface area contributed by atoms with Crippen LogP contribution in [0.4, 0.5) is 0 Å². The van der Waals surface area contributed by atoms with E-state index in [1.807, 2.05) is 23.7 Å². The van der Waals surface area contributed by atoms with Crippen LogP contribution in [-0.2, 0) is 6.54 Å². The van der Waals surface area contributed by atoms with Crippen molar-refractivity contribution >= 4 is 5.65 Å². The zero-order chi connectivity index (χ0) is 13.5. The Bertz CT molecular complexity index is 618. The van der Waals surface area contributed by atoms with Gasteiger partial charge in [0.15, 0.2) is 5.65 Å². The molecule has 4 rings (SSSR count). The molecule has 2 heterocycles. The lowest BCUT2D eigenvalue weighted by atomic mass is 9.89. The highest BCUT2D eigenvalue weighted by Gasteiger charge is 2.38. The number of fused-ring (bicyclic) bond motifs is 3. The van der Waals surface area contributed by atoms with Crippen LogP contribution in [0.3, 0.4) is 0 Å². The molecule has 2 aliphatic carbocycles. The molecule has 0 radical (unpaired) electrons. The maximum atomic E-state index is 4.45. The van der Waals surface area contributed by atoms with Crippen molar-refractivity contribution in [1.29, 1.82) is 0 Å². The second kappa shape index (κ2) is 4.85. The van der Waals surface area contributed by atoms with Crippen molar-refractivity contribution in [1.82, 2.24) is 19.9 Å². The molecule has 3 atom stereocenters. The van der Waals surface area contributed by atoms with Gasteiger partial charge >= 0.3 is 0 Å². The van der Waals surface area contributed by atoms with Crippen molar-refractivity contribution in [3.63, 3.8) is 0 Å². The van der Waals surface area contributed by atoms with E-state index in [0.29, 0.717) is 0 Å². The number of rotatable bonds is 4. The van der Waals surface area contributed by atoms with E-state index < -0.39 is 0 Å². The monoisotopic (exact) mass is 270 g/mol. The highest BCUT2D eigenvalue weighted by molar-refractivity contribution is 5.38. The van der Waals surface area contributed by atoms with Gasteiger partial charge in [-0.25, -0.2) is 9.50 Å². The lowest BCUT2D eigenvalue weighted by Gasteiger charge is -2.21. The summed E-state index contributed by atoms with van der Waals surface area (Å²) in [6, 6.07) is 2.01. The maximum Gasteiger partial charge on any atom is 0.155 e. The molecule has 0 aromatic carbocycles. The summed E-state index contributed by atoms with van der Waals surface area (Å²) in [5, 5.41) is 8.04. The Hall–Kier alpha value is -1.42. The maximum absolute atomic E-state index is 4.45. The van der Waals surface area contributed by atoms with E-state index in [1.54, 1.807) is 0 Å². The highest BCUT2D eigenvalue weighted by atomic mass is 15.2. The zero-order valence-corrected chi connectivity index (χ0v) is 12.0. The number of nitrogens with one attached hydrogen (secondary N) is 1. The lowest BCUT2D eigenvalue weighted by molar-refractivity contribution is 0.318. The van der Waals surface area contributed by atoms with Crippen molar-refractivity contribution in [2.45, 2.75) is 39.2 Å². The molecule has 0 aliphatic heterocycles. The van der Waals surface area contributed by atoms with Crippen molar-refractivity contribution in [3.8, 4) is 0 Å². The molecule has 1 N–H and O–H groups in total. The first kappa shape index (κ1) is 12.3. The quantitative estimate of drug-likeness (QED) is 0.928. The zero-order valence-electron chi connectivity index (χ0n) is 12.0. The summed E-state index contributed by atoms with van der Waals surface area (Å²) >= 11 is 0. The Balaban J connectivity index is 1.36. The molecule has 2 fully saturated rings. The van der Waals surface area contributed by atoms with Crippen LogP contribution < -0.4 is 5.32 Å². The van der Waals surface area contributed by atoms with Gasteiger partial charge in [0.05, 0.1) is 5.69 Å². The van der Waals surface area contributed by atoms with Crippen LogP contribution in [0.25, 0.3) is 5.65 Å². The molecule has 20 heavy (non-hydrogen) atoms. The molecular formula is C16H22N4. The molecule has 0 spiro atoms. The van der Waals surface area contributed by atoms with Gasteiger partial charge in [-0.15, -0.1) is 0 Å². The number of nitrogens with zero attached hydrogens (tertiary/aromatic N) is 3. The largest absolute Gasteiger partial charge is 0.312 e. The summed E-state index contributed by atoms with van der Waals surface area (Å²) in [4.78, 5) is 4.45. The molecule has 2 saturated carbocycles. The van der Waals surface area contributed by atoms with E-state index in [1.165, 1.54) is 31.2 Å². The molecule has 2 aromatic rings. The Labute approximate surface area is 119 Å². The summed E-state index contributed by atoms with van der Waals surface area (Å²) in [7, 11) is 0. The van der Waals surface area contributed by atoms with E-state index in [2.05, 4.69) is 21.6 Å². The van der Waals surface area contributed by atoms with Crippen LogP contribution in [0.1, 0.15) is 36.9 Å². The van der Waals surface area contributed by atoms with Gasteiger partial charge in [0.2, 0.25) is 0 Å². The van der Waals surface area contributed by atoms with Crippen LogP contribution in [0.15, 0.2) is 18.5 Å². The lowest BCUT2D eigenvalue weighted by Crippen LogP contribution is -2.26. The second-order valence-corrected chi connectivity index (χ2v) is 6.62. The summed E-state index contributed by atoms with van der Waals surface area (Å²) < 4.78 is 1.88. The fourth-order valence-corrected chi connectivity index (χ4v) is 4.15. The minimum atomic E-state index is 0.899. The number of aryl methyl sites for hydroxylation is 1. The Morgan fingerprint density at radius 2 is 2.30 bits per heavy atom. The van der Waals surface area contributed by atoms with E-state index in [0.717, 1.165) is 42.2 Å². The van der Waals surface area contributed by atoms with Crippen molar-refractivity contribution in [2.75, 3.05) is 6.54 Å². The minimum Gasteiger partial charge on any atom is -0.312 e. The van der Waals surface area contributed by atoms with Crippen LogP contribution in [0.2, 0.25) is 0 Å². The number of aromatic nitrogens is 3. The Morgan fingerprint density at radius 1 is 1.35 bits per heavy atom. The SMILES string of the molecule is Cc1cc2ncc(CNCC3CC4CCC3C4)cn2n1. The van der Waals surface area contributed by atoms with Gasteiger partial charge < -0.3 is 5.32 Å². The molecule has 3 unspecified atom stereocenters. The van der Waals surface area contributed by atoms with Gasteiger partial charge in [-0.1, -0.05) is 6.42 Å². The van der Waals surface area contributed by atoms with Crippen molar-refractivity contribution in [3.05, 3.63) is 29.7 Å². The van der Waals surface area contributed by atoms with E-state index in [-0.39, 0.29) is 0 Å². The number of hydrogen-bond donors (Lipinski definition) is 1. The molecule has 106 valence electrons. The predicted octanol–water partition coefficient (Wildman–Crippen LogP) is 2.56. The summed E-state index contributed by atoms with van der Waals surface area (Å²) in [5.41, 5.74) is 3.16. The second-order valence-electron chi connectivity index (χ2n) is 6.62. The third-order valence-corrected chi connectivity index (χ3v) is 5.11. The minimum absolute atomic E-state index is 0.899. The molecule has 0 amide bonds. The summed E-state index contributed by atoms with van der Waals surface area (Å²) in [6.45, 7) is 4.06. The highest BCUT2D eigenvalue weighted by Crippen LogP contribution is 2.47. The fraction of sp³-hybridized carbons (Fsp3) is 0.625. The Kier molecular flexibility index (Phi) is 2.99. The molecular weight excluding hydrogens is 248 g/mol. The summed E-state index contributed by atoms with van der Waals surface area (Å²) in [6.07, 6.45) is 9.95. The Morgan fingerprint density at radius 3 is 3.10 bits per heavy atom. The third-order valence-electron chi connectivity index (χ3n) is 5.11. The van der Waals surface area contributed by atoms with Gasteiger partial charge in [-0.2, -0.15) is 5.10 Å². The van der Waals surface area contributed by atoms with Crippen molar-refractivity contribution in [2.24, 2.45) is 17.8 Å². The first-order valence-corrected chi connectivity index (χ1v) is 7.79. The van der Waals surface area contributed by atoms with Gasteiger partial charge in [-0.3, -0.25) is 0 Å². The number of hydrogen-bond acceptors (Lipinski definition) is 3. The fourth-order valence-electron chi connectivity index (χ4n) is 4.15. The van der Waals surface area contributed by atoms with Crippen LogP contribution in [0.5, 0.6) is 0 Å². The van der Waals surface area contributed by atoms with Crippen LogP contribution in [-0.4, -0.2) is 21.1 Å². The molecule has 4 heteroatoms. The first-order valence-electron chi connectivity index (χ1n) is 7.79. The predicted molar refractivity (Wildman–Crippen MR) is 78.4 cm³/mol. The summed E-state index contributed by atoms with van der Waals surface area (Å²) in [5.74, 6) is 2.95. The average molecular weight is 270 g/mol. The van der Waals surface area contributed by atoms with Gasteiger partial charge in [0.25, 0.3) is 0 Å². The molecule has 2 bridgehead atoms. The van der Waals surface area contributed by atoms with E-state index in [4.69, 9.17) is 0 Å². The van der Waals surface area contributed by atoms with E-state index >= 15 is 0 Å². The van der Waals surface area contributed by atoms with Gasteiger partial charge in [-0.05, 0) is 50.5 Å². The molecule has 0 saturated heterocycles. The first-order chi connectivity index (χ1) is 9.78. The average Bonchev–Trinajstić information content (AvgIpc) is 3.11.